The number of ether oxygens (including phenoxy) is 2. The van der Waals surface area contributed by atoms with Gasteiger partial charge in [-0.3, -0.25) is 14.4 Å². The summed E-state index contributed by atoms with van der Waals surface area (Å²) in [5, 5.41) is -3.16. The lowest BCUT2D eigenvalue weighted by Crippen LogP contribution is -2.59. The number of hydrogen-bond acceptors (Lipinski definition) is 9. The molecule has 4 aliphatic rings. The SMILES string of the molecule is CC(C)(C)OC(=O)C(C)(CN(S(C)(=O)=O)S(=O)(=O)C(F)(F)C(=O)NCC12CC3CC(CC(C3)C1)C2)C(=O)OC(C)(C)C. The van der Waals surface area contributed by atoms with Crippen LogP contribution in [0, 0.1) is 28.6 Å². The molecule has 0 radical (unpaired) electrons. The van der Waals surface area contributed by atoms with Crippen LogP contribution in [0.1, 0.15) is 87.0 Å². The van der Waals surface area contributed by atoms with Crippen LogP contribution in [0.25, 0.3) is 0 Å². The molecule has 4 saturated carbocycles. The maximum absolute atomic E-state index is 15.5. The third kappa shape index (κ3) is 7.25. The second kappa shape index (κ2) is 10.9. The van der Waals surface area contributed by atoms with Gasteiger partial charge in [0.15, 0.2) is 5.41 Å². The molecule has 0 aromatic heterocycles. The number of amides is 1. The fraction of sp³-hybridized carbons (Fsp3) is 0.889. The molecule has 15 heteroatoms. The van der Waals surface area contributed by atoms with Gasteiger partial charge in [0, 0.05) is 6.54 Å². The second-order valence-electron chi connectivity index (χ2n) is 14.7. The van der Waals surface area contributed by atoms with Gasteiger partial charge in [-0.05, 0) is 110 Å². The Morgan fingerprint density at radius 2 is 1.19 bits per heavy atom. The molecule has 242 valence electrons. The Kier molecular flexibility index (Phi) is 9.01. The molecule has 42 heavy (non-hydrogen) atoms. The number of hydrogen-bond donors (Lipinski definition) is 1. The van der Waals surface area contributed by atoms with Crippen molar-refractivity contribution in [3.63, 3.8) is 0 Å². The van der Waals surface area contributed by atoms with Gasteiger partial charge in [0.25, 0.3) is 0 Å². The normalized spacial score (nSPS) is 26.7. The smallest absolute Gasteiger partial charge is 0.436 e. The van der Waals surface area contributed by atoms with E-state index in [2.05, 4.69) is 5.32 Å². The highest BCUT2D eigenvalue weighted by Crippen LogP contribution is 2.59. The van der Waals surface area contributed by atoms with E-state index in [1.807, 2.05) is 0 Å². The summed E-state index contributed by atoms with van der Waals surface area (Å²) >= 11 is 0. The molecule has 0 unspecified atom stereocenters. The number of nitrogens with zero attached hydrogens (tertiary/aromatic N) is 1. The van der Waals surface area contributed by atoms with E-state index in [4.69, 9.17) is 9.47 Å². The number of rotatable bonds is 10. The van der Waals surface area contributed by atoms with Crippen LogP contribution in [0.2, 0.25) is 0 Å². The predicted octanol–water partition coefficient (Wildman–Crippen LogP) is 3.19. The number of esters is 2. The molecule has 4 fully saturated rings. The molecule has 0 heterocycles. The summed E-state index contributed by atoms with van der Waals surface area (Å²) in [5.74, 6) is -3.65. The van der Waals surface area contributed by atoms with E-state index in [1.165, 1.54) is 41.5 Å². The molecule has 4 bridgehead atoms. The first-order valence-electron chi connectivity index (χ1n) is 14.1. The maximum atomic E-state index is 15.5. The molecule has 11 nitrogen and oxygen atoms in total. The second-order valence-corrected chi connectivity index (χ2v) is 18.7. The molecule has 4 aliphatic carbocycles. The minimum Gasteiger partial charge on any atom is -0.459 e. The van der Waals surface area contributed by atoms with Gasteiger partial charge in [-0.1, -0.05) is 3.71 Å². The molecular weight excluding hydrogens is 598 g/mol. The minimum atomic E-state index is -6.34. The van der Waals surface area contributed by atoms with Crippen LogP contribution in [-0.4, -0.2) is 74.2 Å². The van der Waals surface area contributed by atoms with Crippen molar-refractivity contribution in [1.29, 1.82) is 0 Å². The lowest BCUT2D eigenvalue weighted by molar-refractivity contribution is -0.183. The fourth-order valence-electron chi connectivity index (χ4n) is 6.75. The fourth-order valence-corrected chi connectivity index (χ4v) is 9.94. The molecule has 0 atom stereocenters. The molecular formula is C27H44F2N2O9S2. The zero-order valence-electron chi connectivity index (χ0n) is 25.6. The largest absolute Gasteiger partial charge is 0.459 e. The molecule has 0 aromatic rings. The van der Waals surface area contributed by atoms with Crippen molar-refractivity contribution in [2.24, 2.45) is 28.6 Å². The zero-order chi connectivity index (χ0) is 32.3. The Bertz CT molecular complexity index is 1250. The Labute approximate surface area is 247 Å². The summed E-state index contributed by atoms with van der Waals surface area (Å²) in [6.07, 6.45) is 5.75. The summed E-state index contributed by atoms with van der Waals surface area (Å²) in [6.45, 7) is 7.70. The average Bonchev–Trinajstić information content (AvgIpc) is 2.76. The van der Waals surface area contributed by atoms with Crippen LogP contribution in [0.4, 0.5) is 8.78 Å². The number of sulfonamides is 2. The van der Waals surface area contributed by atoms with Gasteiger partial charge in [0.05, 0.1) is 12.8 Å². The monoisotopic (exact) mass is 642 g/mol. The Morgan fingerprint density at radius 1 is 0.810 bits per heavy atom. The summed E-state index contributed by atoms with van der Waals surface area (Å²) in [6, 6.07) is 0. The average molecular weight is 643 g/mol. The summed E-state index contributed by atoms with van der Waals surface area (Å²) < 4.78 is 92.8. The van der Waals surface area contributed by atoms with Gasteiger partial charge < -0.3 is 14.8 Å². The number of carbonyl (C=O) groups is 3. The third-order valence-corrected chi connectivity index (χ3v) is 11.9. The molecule has 0 aromatic carbocycles. The van der Waals surface area contributed by atoms with E-state index in [0.29, 0.717) is 24.0 Å². The maximum Gasteiger partial charge on any atom is 0.436 e. The van der Waals surface area contributed by atoms with Gasteiger partial charge >= 0.3 is 33.1 Å². The highest BCUT2D eigenvalue weighted by Gasteiger charge is 2.62. The summed E-state index contributed by atoms with van der Waals surface area (Å²) in [7, 11) is -11.4. The zero-order valence-corrected chi connectivity index (χ0v) is 27.2. The molecule has 4 rings (SSSR count). The van der Waals surface area contributed by atoms with Gasteiger partial charge in [0.2, 0.25) is 10.0 Å². The Hall–Kier alpha value is -1.87. The van der Waals surface area contributed by atoms with Gasteiger partial charge in [-0.15, -0.1) is 0 Å². The quantitative estimate of drug-likeness (QED) is 0.280. The van der Waals surface area contributed by atoms with Crippen LogP contribution in [0.3, 0.4) is 0 Å². The van der Waals surface area contributed by atoms with Crippen LogP contribution >= 0.6 is 0 Å². The Balaban J connectivity index is 1.92. The van der Waals surface area contributed by atoms with Crippen molar-refractivity contribution >= 4 is 37.9 Å². The summed E-state index contributed by atoms with van der Waals surface area (Å²) in [5.41, 5.74) is -5.57. The number of carbonyl (C=O) groups excluding carboxylic acids is 3. The number of halogens is 2. The van der Waals surface area contributed by atoms with Gasteiger partial charge in [-0.2, -0.15) is 8.78 Å². The number of alkyl halides is 2. The molecule has 0 saturated heterocycles. The molecule has 0 aliphatic heterocycles. The van der Waals surface area contributed by atoms with Crippen LogP contribution in [-0.2, 0) is 43.9 Å². The molecule has 0 spiro atoms. The van der Waals surface area contributed by atoms with Crippen molar-refractivity contribution in [3.8, 4) is 0 Å². The van der Waals surface area contributed by atoms with Crippen LogP contribution in [0.15, 0.2) is 0 Å². The van der Waals surface area contributed by atoms with E-state index >= 15 is 8.78 Å². The topological polar surface area (TPSA) is 153 Å². The van der Waals surface area contributed by atoms with Gasteiger partial charge in [-0.25, -0.2) is 16.8 Å². The van der Waals surface area contributed by atoms with Crippen LogP contribution in [0.5, 0.6) is 0 Å². The standard InChI is InChI=1S/C27H44F2N2O9S2/c1-23(2,3)39-21(33)25(7,22(34)40-24(4,5)6)16-31(41(8,35)36)42(37,38)27(28,29)20(32)30-15-26-12-17-9-18(13-26)11-19(10-17)14-26/h17-19H,9-16H2,1-8H3,(H,30,32). The highest BCUT2D eigenvalue weighted by atomic mass is 32.3. The third-order valence-electron chi connectivity index (χ3n) is 8.16. The first kappa shape index (κ1) is 34.6. The van der Waals surface area contributed by atoms with Gasteiger partial charge in [0.1, 0.15) is 11.2 Å². The van der Waals surface area contributed by atoms with E-state index in [-0.39, 0.29) is 6.54 Å². The van der Waals surface area contributed by atoms with Crippen molar-refractivity contribution in [2.75, 3.05) is 19.3 Å². The first-order chi connectivity index (χ1) is 18.7. The lowest BCUT2D eigenvalue weighted by atomic mass is 9.49. The van der Waals surface area contributed by atoms with E-state index in [1.54, 1.807) is 0 Å². The summed E-state index contributed by atoms with van der Waals surface area (Å²) in [4.78, 5) is 39.2. The predicted molar refractivity (Wildman–Crippen MR) is 149 cm³/mol. The first-order valence-corrected chi connectivity index (χ1v) is 17.4. The molecule has 1 amide bonds. The van der Waals surface area contributed by atoms with E-state index < -0.39 is 75.4 Å². The highest BCUT2D eigenvalue weighted by molar-refractivity contribution is 8.04. The number of nitrogens with one attached hydrogen (secondary N) is 1. The Morgan fingerprint density at radius 3 is 1.52 bits per heavy atom. The van der Waals surface area contributed by atoms with E-state index in [9.17, 15) is 31.2 Å². The molecule has 1 N–H and O–H groups in total. The lowest BCUT2D eigenvalue weighted by Gasteiger charge is -2.56. The van der Waals surface area contributed by atoms with Crippen molar-refractivity contribution < 1.29 is 49.5 Å². The van der Waals surface area contributed by atoms with Crippen molar-refractivity contribution in [1.82, 2.24) is 9.03 Å². The van der Waals surface area contributed by atoms with Crippen molar-refractivity contribution in [2.45, 2.75) is 103 Å². The van der Waals surface area contributed by atoms with Crippen molar-refractivity contribution in [3.05, 3.63) is 0 Å². The van der Waals surface area contributed by atoms with Crippen LogP contribution < -0.4 is 5.32 Å². The minimum absolute atomic E-state index is 0.160. The van der Waals surface area contributed by atoms with E-state index in [0.717, 1.165) is 45.4 Å².